The summed E-state index contributed by atoms with van der Waals surface area (Å²) in [6.07, 6.45) is 2.57. The van der Waals surface area contributed by atoms with Crippen molar-refractivity contribution in [2.75, 3.05) is 13.2 Å². The van der Waals surface area contributed by atoms with Crippen molar-refractivity contribution in [3.63, 3.8) is 0 Å². The summed E-state index contributed by atoms with van der Waals surface area (Å²) in [7, 11) is 0. The molecule has 0 aromatic heterocycles. The number of benzene rings is 1. The summed E-state index contributed by atoms with van der Waals surface area (Å²) >= 11 is 0. The van der Waals surface area contributed by atoms with Crippen molar-refractivity contribution in [1.29, 1.82) is 0 Å². The van der Waals surface area contributed by atoms with Crippen LogP contribution in [0.15, 0.2) is 18.2 Å². The first kappa shape index (κ1) is 13.4. The fourth-order valence-electron chi connectivity index (χ4n) is 1.48. The number of aryl methyl sites for hydroxylation is 1. The van der Waals surface area contributed by atoms with Gasteiger partial charge in [0.25, 0.3) is 5.69 Å². The van der Waals surface area contributed by atoms with E-state index in [4.69, 9.17) is 9.84 Å². The van der Waals surface area contributed by atoms with Gasteiger partial charge in [-0.05, 0) is 37.8 Å². The predicted molar refractivity (Wildman–Crippen MR) is 64.3 cm³/mol. The Kier molecular flexibility index (Phi) is 5.42. The van der Waals surface area contributed by atoms with Gasteiger partial charge in [0.2, 0.25) is 0 Å². The molecular weight excluding hydrogens is 222 g/mol. The molecule has 0 radical (unpaired) electrons. The Bertz CT molecular complexity index is 379. The minimum atomic E-state index is -0.419. The van der Waals surface area contributed by atoms with Crippen molar-refractivity contribution in [3.8, 4) is 5.75 Å². The van der Waals surface area contributed by atoms with E-state index in [9.17, 15) is 10.1 Å². The molecule has 0 aliphatic heterocycles. The van der Waals surface area contributed by atoms with Gasteiger partial charge in [0.15, 0.2) is 0 Å². The molecule has 0 spiro atoms. The Hall–Kier alpha value is -1.62. The second kappa shape index (κ2) is 6.85. The zero-order valence-electron chi connectivity index (χ0n) is 9.89. The van der Waals surface area contributed by atoms with E-state index in [1.807, 2.05) is 0 Å². The average molecular weight is 239 g/mol. The van der Waals surface area contributed by atoms with Gasteiger partial charge >= 0.3 is 0 Å². The number of ether oxygens (including phenoxy) is 1. The van der Waals surface area contributed by atoms with E-state index < -0.39 is 4.92 Å². The molecule has 0 atom stereocenters. The number of hydrogen-bond donors (Lipinski definition) is 1. The number of nitrogens with zero attached hydrogens (tertiary/aromatic N) is 1. The monoisotopic (exact) mass is 239 g/mol. The van der Waals surface area contributed by atoms with Gasteiger partial charge in [0, 0.05) is 18.7 Å². The predicted octanol–water partition coefficient (Wildman–Crippen LogP) is 2.44. The Morgan fingerprint density at radius 2 is 2.12 bits per heavy atom. The first-order valence-electron chi connectivity index (χ1n) is 5.64. The quantitative estimate of drug-likeness (QED) is 0.450. The van der Waals surface area contributed by atoms with Gasteiger partial charge in [-0.3, -0.25) is 10.1 Å². The van der Waals surface area contributed by atoms with Crippen molar-refractivity contribution in [1.82, 2.24) is 0 Å². The highest BCUT2D eigenvalue weighted by molar-refractivity contribution is 5.42. The summed E-state index contributed by atoms with van der Waals surface area (Å²) < 4.78 is 5.51. The molecule has 0 unspecified atom stereocenters. The molecule has 0 saturated heterocycles. The lowest BCUT2D eigenvalue weighted by Gasteiger charge is -2.08. The van der Waals surface area contributed by atoms with Crippen LogP contribution in [0.2, 0.25) is 0 Å². The van der Waals surface area contributed by atoms with Crippen LogP contribution in [-0.4, -0.2) is 23.2 Å². The molecule has 0 amide bonds. The van der Waals surface area contributed by atoms with E-state index in [-0.39, 0.29) is 12.3 Å². The van der Waals surface area contributed by atoms with Gasteiger partial charge in [-0.25, -0.2) is 0 Å². The molecule has 94 valence electrons. The number of nitro benzene ring substituents is 1. The van der Waals surface area contributed by atoms with Gasteiger partial charge in [0.1, 0.15) is 5.75 Å². The zero-order valence-corrected chi connectivity index (χ0v) is 9.89. The summed E-state index contributed by atoms with van der Waals surface area (Å²) in [5, 5.41) is 19.1. The highest BCUT2D eigenvalue weighted by Crippen LogP contribution is 2.23. The van der Waals surface area contributed by atoms with Crippen LogP contribution in [-0.2, 0) is 0 Å². The number of aliphatic hydroxyl groups excluding tert-OH is 1. The van der Waals surface area contributed by atoms with Crippen LogP contribution in [0, 0.1) is 17.0 Å². The Labute approximate surface area is 100 Å². The largest absolute Gasteiger partial charge is 0.493 e. The molecule has 17 heavy (non-hydrogen) atoms. The minimum absolute atomic E-state index is 0.0788. The number of rotatable bonds is 7. The standard InChI is InChI=1S/C12H17NO4/c1-10-9-11(13(15)16)5-6-12(10)17-8-4-2-3-7-14/h5-6,9,14H,2-4,7-8H2,1H3. The maximum atomic E-state index is 10.5. The van der Waals surface area contributed by atoms with Gasteiger partial charge in [-0.15, -0.1) is 0 Å². The summed E-state index contributed by atoms with van der Waals surface area (Å²) in [6, 6.07) is 4.57. The Morgan fingerprint density at radius 3 is 2.71 bits per heavy atom. The Morgan fingerprint density at radius 1 is 1.35 bits per heavy atom. The van der Waals surface area contributed by atoms with E-state index in [0.717, 1.165) is 24.8 Å². The molecule has 0 fully saturated rings. The van der Waals surface area contributed by atoms with Crippen LogP contribution in [0.4, 0.5) is 5.69 Å². The number of nitro groups is 1. The molecular formula is C12H17NO4. The summed E-state index contributed by atoms with van der Waals surface area (Å²) in [6.45, 7) is 2.56. The molecule has 0 heterocycles. The lowest BCUT2D eigenvalue weighted by atomic mass is 10.2. The van der Waals surface area contributed by atoms with Gasteiger partial charge in [0.05, 0.1) is 11.5 Å². The third-order valence-corrected chi connectivity index (χ3v) is 2.43. The third kappa shape index (κ3) is 4.40. The topological polar surface area (TPSA) is 72.6 Å². The van der Waals surface area contributed by atoms with Crippen molar-refractivity contribution >= 4 is 5.69 Å². The van der Waals surface area contributed by atoms with Crippen LogP contribution in [0.1, 0.15) is 24.8 Å². The molecule has 0 aliphatic rings. The number of aliphatic hydroxyl groups is 1. The first-order valence-corrected chi connectivity index (χ1v) is 5.64. The van der Waals surface area contributed by atoms with Crippen LogP contribution in [0.25, 0.3) is 0 Å². The van der Waals surface area contributed by atoms with Crippen LogP contribution in [0.5, 0.6) is 5.75 Å². The van der Waals surface area contributed by atoms with Crippen molar-refractivity contribution in [2.45, 2.75) is 26.2 Å². The van der Waals surface area contributed by atoms with Gasteiger partial charge in [-0.1, -0.05) is 0 Å². The summed E-state index contributed by atoms with van der Waals surface area (Å²) in [5.41, 5.74) is 0.844. The van der Waals surface area contributed by atoms with Crippen molar-refractivity contribution in [3.05, 3.63) is 33.9 Å². The molecule has 1 rings (SSSR count). The fourth-order valence-corrected chi connectivity index (χ4v) is 1.48. The molecule has 5 heteroatoms. The number of hydrogen-bond acceptors (Lipinski definition) is 4. The Balaban J connectivity index is 2.46. The molecule has 1 aromatic rings. The van der Waals surface area contributed by atoms with E-state index >= 15 is 0 Å². The van der Waals surface area contributed by atoms with Crippen LogP contribution in [0.3, 0.4) is 0 Å². The third-order valence-electron chi connectivity index (χ3n) is 2.43. The van der Waals surface area contributed by atoms with E-state index in [2.05, 4.69) is 0 Å². The molecule has 0 aliphatic carbocycles. The molecule has 5 nitrogen and oxygen atoms in total. The smallest absolute Gasteiger partial charge is 0.269 e. The first-order chi connectivity index (χ1) is 8.15. The highest BCUT2D eigenvalue weighted by Gasteiger charge is 2.08. The SMILES string of the molecule is Cc1cc([N+](=O)[O-])ccc1OCCCCCO. The van der Waals surface area contributed by atoms with E-state index in [1.165, 1.54) is 12.1 Å². The second-order valence-electron chi connectivity index (χ2n) is 3.84. The highest BCUT2D eigenvalue weighted by atomic mass is 16.6. The lowest BCUT2D eigenvalue weighted by molar-refractivity contribution is -0.384. The van der Waals surface area contributed by atoms with Gasteiger partial charge < -0.3 is 9.84 Å². The minimum Gasteiger partial charge on any atom is -0.493 e. The van der Waals surface area contributed by atoms with Crippen LogP contribution >= 0.6 is 0 Å². The molecule has 0 saturated carbocycles. The van der Waals surface area contributed by atoms with E-state index in [0.29, 0.717) is 12.4 Å². The van der Waals surface area contributed by atoms with Gasteiger partial charge in [-0.2, -0.15) is 0 Å². The maximum Gasteiger partial charge on any atom is 0.269 e. The summed E-state index contributed by atoms with van der Waals surface area (Å²) in [5.74, 6) is 0.680. The maximum absolute atomic E-state index is 10.5. The second-order valence-corrected chi connectivity index (χ2v) is 3.84. The summed E-state index contributed by atoms with van der Waals surface area (Å²) in [4.78, 5) is 10.1. The number of non-ortho nitro benzene ring substituents is 1. The van der Waals surface area contributed by atoms with Crippen molar-refractivity contribution in [2.24, 2.45) is 0 Å². The van der Waals surface area contributed by atoms with Crippen LogP contribution < -0.4 is 4.74 Å². The molecule has 0 bridgehead atoms. The normalized spacial score (nSPS) is 10.2. The molecule has 1 aromatic carbocycles. The average Bonchev–Trinajstić information content (AvgIpc) is 2.30. The van der Waals surface area contributed by atoms with Crippen molar-refractivity contribution < 1.29 is 14.8 Å². The number of unbranched alkanes of at least 4 members (excludes halogenated alkanes) is 2. The van der Waals surface area contributed by atoms with E-state index in [1.54, 1.807) is 13.0 Å². The lowest BCUT2D eigenvalue weighted by Crippen LogP contribution is -2.00. The fraction of sp³-hybridized carbons (Fsp3) is 0.500. The zero-order chi connectivity index (χ0) is 12.7. The molecule has 1 N–H and O–H groups in total.